The summed E-state index contributed by atoms with van der Waals surface area (Å²) in [7, 11) is 0. The van der Waals surface area contributed by atoms with E-state index in [1.165, 1.54) is 16.2 Å². The molecular formula is C48H29N3O. The first-order chi connectivity index (χ1) is 25.8. The van der Waals surface area contributed by atoms with Gasteiger partial charge < -0.3 is 4.42 Å². The van der Waals surface area contributed by atoms with Crippen LogP contribution in [-0.4, -0.2) is 14.5 Å². The maximum absolute atomic E-state index is 6.27. The molecule has 3 aromatic heterocycles. The molecule has 0 saturated heterocycles. The van der Waals surface area contributed by atoms with E-state index in [0.717, 1.165) is 82.8 Å². The standard InChI is InChI=1S/C48H29N3O/c1-2-13-30(14-3-1)46-38-19-6-8-24-41(38)49-48(50-46)51-42-29-32-16-5-4-15-31(32)28-40(42)37-23-11-22-36(47(37)51)34-18-10-17-33(27-34)35-21-12-26-44-45(35)39-20-7-9-25-43(39)52-44/h1-29H. The van der Waals surface area contributed by atoms with Crippen LogP contribution in [-0.2, 0) is 0 Å². The first kappa shape index (κ1) is 28.8. The normalized spacial score (nSPS) is 11.8. The fourth-order valence-corrected chi connectivity index (χ4v) is 8.04. The van der Waals surface area contributed by atoms with Crippen LogP contribution in [0.2, 0.25) is 0 Å². The van der Waals surface area contributed by atoms with Crippen LogP contribution in [0.15, 0.2) is 180 Å². The third kappa shape index (κ3) is 4.34. The number of benzene rings is 8. The quantitative estimate of drug-likeness (QED) is 0.188. The minimum atomic E-state index is 0.645. The third-order valence-corrected chi connectivity index (χ3v) is 10.4. The van der Waals surface area contributed by atoms with Gasteiger partial charge in [0.05, 0.1) is 22.2 Å². The summed E-state index contributed by atoms with van der Waals surface area (Å²) in [5, 5.41) is 7.97. The largest absolute Gasteiger partial charge is 0.456 e. The van der Waals surface area contributed by atoms with Crippen molar-refractivity contribution in [2.75, 3.05) is 0 Å². The molecule has 4 heteroatoms. The minimum Gasteiger partial charge on any atom is -0.456 e. The number of hydrogen-bond acceptors (Lipinski definition) is 3. The number of fused-ring (bicyclic) bond motifs is 8. The lowest BCUT2D eigenvalue weighted by Gasteiger charge is -2.14. The molecule has 0 atom stereocenters. The molecule has 0 amide bonds. The lowest BCUT2D eigenvalue weighted by atomic mass is 9.95. The van der Waals surface area contributed by atoms with Gasteiger partial charge in [-0.2, -0.15) is 0 Å². The van der Waals surface area contributed by atoms with E-state index < -0.39 is 0 Å². The van der Waals surface area contributed by atoms with Crippen molar-refractivity contribution in [1.82, 2.24) is 14.5 Å². The number of hydrogen-bond donors (Lipinski definition) is 0. The first-order valence-corrected chi connectivity index (χ1v) is 17.6. The van der Waals surface area contributed by atoms with Gasteiger partial charge in [0, 0.05) is 38.1 Å². The zero-order chi connectivity index (χ0) is 34.2. The molecule has 3 heterocycles. The smallest absolute Gasteiger partial charge is 0.235 e. The van der Waals surface area contributed by atoms with Crippen LogP contribution in [0, 0.1) is 0 Å². The highest BCUT2D eigenvalue weighted by Crippen LogP contribution is 2.42. The van der Waals surface area contributed by atoms with E-state index in [9.17, 15) is 0 Å². The Kier molecular flexibility index (Phi) is 6.22. The molecule has 0 fully saturated rings. The number of rotatable bonds is 4. The monoisotopic (exact) mass is 663 g/mol. The molecule has 0 aliphatic heterocycles. The Hall–Kier alpha value is -7.04. The van der Waals surface area contributed by atoms with Crippen LogP contribution in [0.4, 0.5) is 0 Å². The van der Waals surface area contributed by atoms with Crippen molar-refractivity contribution in [3.63, 3.8) is 0 Å². The molecule has 52 heavy (non-hydrogen) atoms. The molecule has 4 nitrogen and oxygen atoms in total. The van der Waals surface area contributed by atoms with Crippen molar-refractivity contribution in [3.05, 3.63) is 176 Å². The predicted octanol–water partition coefficient (Wildman–Crippen LogP) is 12.8. The number of furan rings is 1. The van der Waals surface area contributed by atoms with E-state index in [1.807, 2.05) is 24.3 Å². The molecular weight excluding hydrogens is 635 g/mol. The van der Waals surface area contributed by atoms with Gasteiger partial charge in [-0.25, -0.2) is 9.97 Å². The zero-order valence-electron chi connectivity index (χ0n) is 28.0. The molecule has 0 aliphatic carbocycles. The Morgan fingerprint density at radius 1 is 0.423 bits per heavy atom. The van der Waals surface area contributed by atoms with Gasteiger partial charge in [0.2, 0.25) is 5.95 Å². The molecule has 0 radical (unpaired) electrons. The summed E-state index contributed by atoms with van der Waals surface area (Å²) >= 11 is 0. The molecule has 0 bridgehead atoms. The van der Waals surface area contributed by atoms with E-state index >= 15 is 0 Å². The summed E-state index contributed by atoms with van der Waals surface area (Å²) in [5.74, 6) is 0.645. The SMILES string of the molecule is c1ccc(-c2nc(-n3c4cc5ccccc5cc4c4cccc(-c5cccc(-c6cccc7oc8ccccc8c67)c5)c43)nc3ccccc23)cc1. The van der Waals surface area contributed by atoms with Gasteiger partial charge >= 0.3 is 0 Å². The molecule has 11 aromatic rings. The van der Waals surface area contributed by atoms with Crippen LogP contribution >= 0.6 is 0 Å². The Balaban J connectivity index is 1.22. The average molecular weight is 664 g/mol. The average Bonchev–Trinajstić information content (AvgIpc) is 3.75. The lowest BCUT2D eigenvalue weighted by Crippen LogP contribution is -2.04. The summed E-state index contributed by atoms with van der Waals surface area (Å²) in [6.07, 6.45) is 0. The van der Waals surface area contributed by atoms with E-state index in [-0.39, 0.29) is 0 Å². The summed E-state index contributed by atoms with van der Waals surface area (Å²) in [4.78, 5) is 10.7. The zero-order valence-corrected chi connectivity index (χ0v) is 28.0. The second kappa shape index (κ2) is 11.2. The van der Waals surface area contributed by atoms with E-state index in [4.69, 9.17) is 14.4 Å². The van der Waals surface area contributed by atoms with Crippen molar-refractivity contribution in [3.8, 4) is 39.5 Å². The topological polar surface area (TPSA) is 43.9 Å². The minimum absolute atomic E-state index is 0.645. The molecule has 11 rings (SSSR count). The fourth-order valence-electron chi connectivity index (χ4n) is 8.04. The predicted molar refractivity (Wildman–Crippen MR) is 215 cm³/mol. The maximum Gasteiger partial charge on any atom is 0.235 e. The van der Waals surface area contributed by atoms with E-state index in [2.05, 4.69) is 156 Å². The Morgan fingerprint density at radius 2 is 1.06 bits per heavy atom. The first-order valence-electron chi connectivity index (χ1n) is 17.6. The van der Waals surface area contributed by atoms with Crippen molar-refractivity contribution in [1.29, 1.82) is 0 Å². The van der Waals surface area contributed by atoms with Crippen LogP contribution < -0.4 is 0 Å². The van der Waals surface area contributed by atoms with Crippen molar-refractivity contribution >= 4 is 65.4 Å². The Bertz CT molecular complexity index is 3190. The summed E-state index contributed by atoms with van der Waals surface area (Å²) in [5.41, 5.74) is 11.3. The van der Waals surface area contributed by atoms with Crippen molar-refractivity contribution < 1.29 is 4.42 Å². The second-order valence-corrected chi connectivity index (χ2v) is 13.4. The van der Waals surface area contributed by atoms with E-state index in [1.54, 1.807) is 0 Å². The Morgan fingerprint density at radius 3 is 1.94 bits per heavy atom. The van der Waals surface area contributed by atoms with Crippen LogP contribution in [0.25, 0.3) is 105 Å². The van der Waals surface area contributed by atoms with Crippen LogP contribution in [0.3, 0.4) is 0 Å². The van der Waals surface area contributed by atoms with Crippen LogP contribution in [0.1, 0.15) is 0 Å². The summed E-state index contributed by atoms with van der Waals surface area (Å²) in [6.45, 7) is 0. The van der Waals surface area contributed by atoms with Crippen molar-refractivity contribution in [2.45, 2.75) is 0 Å². The number of para-hydroxylation sites is 3. The molecule has 0 spiro atoms. The van der Waals surface area contributed by atoms with Gasteiger partial charge in [0.1, 0.15) is 11.2 Å². The lowest BCUT2D eigenvalue weighted by molar-refractivity contribution is 0.669. The summed E-state index contributed by atoms with van der Waals surface area (Å²) < 4.78 is 8.55. The molecule has 0 aliphatic rings. The maximum atomic E-state index is 6.27. The molecule has 242 valence electrons. The number of aromatic nitrogens is 3. The highest BCUT2D eigenvalue weighted by molar-refractivity contribution is 6.17. The summed E-state index contributed by atoms with van der Waals surface area (Å²) in [6, 6.07) is 62.0. The van der Waals surface area contributed by atoms with Gasteiger partial charge in [-0.05, 0) is 63.9 Å². The van der Waals surface area contributed by atoms with Gasteiger partial charge in [-0.1, -0.05) is 140 Å². The Labute approximate surface area is 298 Å². The highest BCUT2D eigenvalue weighted by Gasteiger charge is 2.21. The molecule has 0 unspecified atom stereocenters. The fraction of sp³-hybridized carbons (Fsp3) is 0. The van der Waals surface area contributed by atoms with Gasteiger partial charge in [-0.3, -0.25) is 4.57 Å². The van der Waals surface area contributed by atoms with Gasteiger partial charge in [-0.15, -0.1) is 0 Å². The molecule has 8 aromatic carbocycles. The van der Waals surface area contributed by atoms with Crippen LogP contribution in [0.5, 0.6) is 0 Å². The molecule has 0 N–H and O–H groups in total. The molecule has 0 saturated carbocycles. The highest BCUT2D eigenvalue weighted by atomic mass is 16.3. The van der Waals surface area contributed by atoms with Crippen molar-refractivity contribution in [2.24, 2.45) is 0 Å². The second-order valence-electron chi connectivity index (χ2n) is 13.4. The van der Waals surface area contributed by atoms with Gasteiger partial charge in [0.15, 0.2) is 0 Å². The van der Waals surface area contributed by atoms with E-state index in [0.29, 0.717) is 5.95 Å². The number of nitrogens with zero attached hydrogens (tertiary/aromatic N) is 3. The van der Waals surface area contributed by atoms with Gasteiger partial charge in [0.25, 0.3) is 0 Å². The third-order valence-electron chi connectivity index (χ3n) is 10.4.